The highest BCUT2D eigenvalue weighted by Crippen LogP contribution is 2.52. The van der Waals surface area contributed by atoms with E-state index in [4.69, 9.17) is 17.3 Å². The van der Waals surface area contributed by atoms with Crippen molar-refractivity contribution in [2.75, 3.05) is 18.9 Å². The molecule has 1 aliphatic rings. The quantitative estimate of drug-likeness (QED) is 0.684. The maximum absolute atomic E-state index is 9.31. The summed E-state index contributed by atoms with van der Waals surface area (Å²) in [5, 5.41) is 18.8. The number of hydrogen-bond acceptors (Lipinski definition) is 6. The number of nitrogens with zero attached hydrogens (tertiary/aromatic N) is 4. The van der Waals surface area contributed by atoms with Gasteiger partial charge < -0.3 is 20.5 Å². The maximum atomic E-state index is 9.31. The number of anilines is 1. The normalized spacial score (nSPS) is 20.9. The van der Waals surface area contributed by atoms with Crippen LogP contribution >= 0.6 is 11.6 Å². The molecule has 7 nitrogen and oxygen atoms in total. The van der Waals surface area contributed by atoms with Gasteiger partial charge in [0.2, 0.25) is 5.95 Å². The Morgan fingerprint density at radius 2 is 2.16 bits per heavy atom. The largest absolute Gasteiger partial charge is 0.396 e. The van der Waals surface area contributed by atoms with Gasteiger partial charge in [-0.3, -0.25) is 0 Å². The molecule has 0 aromatic carbocycles. The fraction of sp³-hybridized carbons (Fsp3) is 0.545. The first-order valence-corrected chi connectivity index (χ1v) is 6.33. The Balaban J connectivity index is 1.91. The SMILES string of the molecule is Nc1nc(Cl)c2ncn(CC3CC3(CO)CO)c2n1. The number of aromatic nitrogens is 4. The van der Waals surface area contributed by atoms with Gasteiger partial charge >= 0.3 is 0 Å². The lowest BCUT2D eigenvalue weighted by Gasteiger charge is -2.10. The molecule has 0 amide bonds. The molecule has 4 N–H and O–H groups in total. The first-order valence-electron chi connectivity index (χ1n) is 5.95. The Bertz CT molecular complexity index is 625. The zero-order valence-electron chi connectivity index (χ0n) is 10.1. The van der Waals surface area contributed by atoms with Crippen LogP contribution in [0, 0.1) is 11.3 Å². The minimum absolute atomic E-state index is 0.0152. The van der Waals surface area contributed by atoms with Gasteiger partial charge in [-0.1, -0.05) is 11.6 Å². The van der Waals surface area contributed by atoms with E-state index in [0.29, 0.717) is 17.7 Å². The molecule has 0 radical (unpaired) electrons. The molecule has 2 aromatic rings. The number of nitrogen functional groups attached to an aromatic ring is 1. The van der Waals surface area contributed by atoms with Crippen LogP contribution in [0.1, 0.15) is 6.42 Å². The highest BCUT2D eigenvalue weighted by molar-refractivity contribution is 6.33. The summed E-state index contributed by atoms with van der Waals surface area (Å²) in [5.74, 6) is 0.306. The van der Waals surface area contributed by atoms with E-state index in [2.05, 4.69) is 15.0 Å². The Labute approximate surface area is 114 Å². The molecule has 2 aromatic heterocycles. The maximum Gasteiger partial charge on any atom is 0.223 e. The summed E-state index contributed by atoms with van der Waals surface area (Å²) >= 11 is 5.95. The van der Waals surface area contributed by atoms with Crippen LogP contribution in [0.15, 0.2) is 6.33 Å². The molecule has 0 aliphatic heterocycles. The van der Waals surface area contributed by atoms with Crippen LogP contribution < -0.4 is 5.73 Å². The standard InChI is InChI=1S/C11H14ClN5O2/c12-8-7-9(16-10(13)15-8)17(5-14-7)2-6-1-11(6,3-18)4-19/h5-6,18-19H,1-4H2,(H2,13,15,16). The molecule has 0 saturated heterocycles. The number of rotatable bonds is 4. The van der Waals surface area contributed by atoms with Crippen molar-refractivity contribution < 1.29 is 10.2 Å². The number of nitrogens with two attached hydrogens (primary N) is 1. The zero-order chi connectivity index (χ0) is 13.6. The predicted molar refractivity (Wildman–Crippen MR) is 69.5 cm³/mol. The van der Waals surface area contributed by atoms with E-state index in [1.54, 1.807) is 6.33 Å². The van der Waals surface area contributed by atoms with Crippen molar-refractivity contribution in [1.82, 2.24) is 19.5 Å². The van der Waals surface area contributed by atoms with Crippen molar-refractivity contribution in [1.29, 1.82) is 0 Å². The topological polar surface area (TPSA) is 110 Å². The predicted octanol–water partition coefficient (Wildman–Crippen LogP) is 0.0528. The molecule has 3 rings (SSSR count). The second kappa shape index (κ2) is 4.29. The average molecular weight is 284 g/mol. The van der Waals surface area contributed by atoms with Gasteiger partial charge in [-0.15, -0.1) is 0 Å². The summed E-state index contributed by atoms with van der Waals surface area (Å²) in [5.41, 5.74) is 6.29. The molecule has 1 aliphatic carbocycles. The molecule has 0 spiro atoms. The summed E-state index contributed by atoms with van der Waals surface area (Å²) in [6, 6.07) is 0. The van der Waals surface area contributed by atoms with E-state index in [-0.39, 0.29) is 35.6 Å². The lowest BCUT2D eigenvalue weighted by atomic mass is 10.1. The molecule has 8 heteroatoms. The van der Waals surface area contributed by atoms with Gasteiger partial charge in [-0.05, 0) is 12.3 Å². The van der Waals surface area contributed by atoms with E-state index in [9.17, 15) is 10.2 Å². The van der Waals surface area contributed by atoms with E-state index in [1.165, 1.54) is 0 Å². The van der Waals surface area contributed by atoms with Crippen LogP contribution in [0.2, 0.25) is 5.15 Å². The van der Waals surface area contributed by atoms with Crippen molar-refractivity contribution in [3.8, 4) is 0 Å². The number of aliphatic hydroxyl groups is 2. The van der Waals surface area contributed by atoms with E-state index in [0.717, 1.165) is 6.42 Å². The van der Waals surface area contributed by atoms with Gasteiger partial charge in [0.1, 0.15) is 5.52 Å². The fourth-order valence-electron chi connectivity index (χ4n) is 2.42. The molecule has 1 unspecified atom stereocenters. The van der Waals surface area contributed by atoms with Gasteiger partial charge in [-0.2, -0.15) is 9.97 Å². The first kappa shape index (κ1) is 12.6. The van der Waals surface area contributed by atoms with Crippen molar-refractivity contribution in [3.63, 3.8) is 0 Å². The van der Waals surface area contributed by atoms with Crippen LogP contribution in [-0.4, -0.2) is 42.9 Å². The Morgan fingerprint density at radius 1 is 1.42 bits per heavy atom. The van der Waals surface area contributed by atoms with E-state index >= 15 is 0 Å². The monoisotopic (exact) mass is 283 g/mol. The third-order valence-corrected chi connectivity index (χ3v) is 4.11. The molecule has 19 heavy (non-hydrogen) atoms. The highest BCUT2D eigenvalue weighted by Gasteiger charge is 2.53. The van der Waals surface area contributed by atoms with Crippen LogP contribution in [0.4, 0.5) is 5.95 Å². The number of fused-ring (bicyclic) bond motifs is 1. The summed E-state index contributed by atoms with van der Waals surface area (Å²) in [6.45, 7) is 0.585. The van der Waals surface area contributed by atoms with Crippen molar-refractivity contribution >= 4 is 28.7 Å². The molecular weight excluding hydrogens is 270 g/mol. The third kappa shape index (κ3) is 1.94. The summed E-state index contributed by atoms with van der Waals surface area (Å²) in [6.07, 6.45) is 2.41. The molecule has 2 heterocycles. The smallest absolute Gasteiger partial charge is 0.223 e. The van der Waals surface area contributed by atoms with Crippen LogP contribution in [0.3, 0.4) is 0 Å². The number of imidazole rings is 1. The summed E-state index contributed by atoms with van der Waals surface area (Å²) in [7, 11) is 0. The third-order valence-electron chi connectivity index (χ3n) is 3.84. The zero-order valence-corrected chi connectivity index (χ0v) is 10.9. The Kier molecular flexibility index (Phi) is 2.84. The minimum atomic E-state index is -0.376. The second-order valence-corrected chi connectivity index (χ2v) is 5.38. The average Bonchev–Trinajstić information content (AvgIpc) is 2.94. The Hall–Kier alpha value is -1.44. The van der Waals surface area contributed by atoms with E-state index < -0.39 is 0 Å². The van der Waals surface area contributed by atoms with E-state index in [1.807, 2.05) is 4.57 Å². The van der Waals surface area contributed by atoms with Crippen LogP contribution in [0.5, 0.6) is 0 Å². The number of aliphatic hydroxyl groups excluding tert-OH is 2. The number of hydrogen-bond donors (Lipinski definition) is 3. The van der Waals surface area contributed by atoms with Crippen molar-refractivity contribution in [3.05, 3.63) is 11.5 Å². The molecule has 0 bridgehead atoms. The first-order chi connectivity index (χ1) is 9.09. The lowest BCUT2D eigenvalue weighted by molar-refractivity contribution is 0.119. The number of halogens is 1. The minimum Gasteiger partial charge on any atom is -0.396 e. The lowest BCUT2D eigenvalue weighted by Crippen LogP contribution is -2.17. The van der Waals surface area contributed by atoms with Gasteiger partial charge in [0.25, 0.3) is 0 Å². The molecule has 1 atom stereocenters. The molecule has 102 valence electrons. The van der Waals surface area contributed by atoms with Gasteiger partial charge in [0.05, 0.1) is 19.5 Å². The van der Waals surface area contributed by atoms with Gasteiger partial charge in [-0.25, -0.2) is 4.98 Å². The fourth-order valence-corrected chi connectivity index (χ4v) is 2.64. The summed E-state index contributed by atoms with van der Waals surface area (Å²) in [4.78, 5) is 12.1. The van der Waals surface area contributed by atoms with Crippen LogP contribution in [0.25, 0.3) is 11.2 Å². The molecule has 1 fully saturated rings. The van der Waals surface area contributed by atoms with Crippen molar-refractivity contribution in [2.24, 2.45) is 11.3 Å². The second-order valence-electron chi connectivity index (χ2n) is 5.02. The Morgan fingerprint density at radius 3 is 2.79 bits per heavy atom. The molecular formula is C11H14ClN5O2. The van der Waals surface area contributed by atoms with Gasteiger partial charge in [0.15, 0.2) is 10.8 Å². The highest BCUT2D eigenvalue weighted by atomic mass is 35.5. The molecule has 1 saturated carbocycles. The van der Waals surface area contributed by atoms with Gasteiger partial charge in [0, 0.05) is 12.0 Å². The van der Waals surface area contributed by atoms with Crippen molar-refractivity contribution in [2.45, 2.75) is 13.0 Å². The summed E-state index contributed by atoms with van der Waals surface area (Å²) < 4.78 is 1.83. The van der Waals surface area contributed by atoms with Crippen LogP contribution in [-0.2, 0) is 6.54 Å².